The van der Waals surface area contributed by atoms with Crippen LogP contribution in [-0.4, -0.2) is 22.3 Å². The third-order valence-corrected chi connectivity index (χ3v) is 3.16. The van der Waals surface area contributed by atoms with E-state index in [1.807, 2.05) is 0 Å². The van der Waals surface area contributed by atoms with Crippen LogP contribution in [0.3, 0.4) is 0 Å². The molecule has 0 aromatic carbocycles. The predicted molar refractivity (Wildman–Crippen MR) is 74.3 cm³/mol. The number of aromatic nitrogens is 1. The van der Waals surface area contributed by atoms with Gasteiger partial charge in [0, 0.05) is 0 Å². The predicted octanol–water partition coefficient (Wildman–Crippen LogP) is 4.05. The van der Waals surface area contributed by atoms with Crippen LogP contribution < -0.4 is 0 Å². The van der Waals surface area contributed by atoms with E-state index >= 15 is 0 Å². The van der Waals surface area contributed by atoms with E-state index < -0.39 is 58.2 Å². The van der Waals surface area contributed by atoms with Gasteiger partial charge in [0.05, 0.1) is 12.7 Å². The Morgan fingerprint density at radius 3 is 2.29 bits per heavy atom. The summed E-state index contributed by atoms with van der Waals surface area (Å²) in [5.41, 5.74) is -5.23. The molecule has 0 aliphatic rings. The lowest BCUT2D eigenvalue weighted by molar-refractivity contribution is -0.140. The van der Waals surface area contributed by atoms with Crippen molar-refractivity contribution in [3.8, 4) is 0 Å². The number of pyridine rings is 1. The molecule has 0 aliphatic heterocycles. The molecule has 0 fully saturated rings. The first kappa shape index (κ1) is 20.1. The molecule has 1 aromatic heterocycles. The number of methoxy groups -OCH3 is 1. The Morgan fingerprint density at radius 2 is 1.92 bits per heavy atom. The van der Waals surface area contributed by atoms with Gasteiger partial charge in [-0.15, -0.1) is 0 Å². The molecule has 1 aromatic rings. The zero-order chi connectivity index (χ0) is 18.7. The minimum atomic E-state index is -5.13. The number of nitrogens with zero attached hydrogens (tertiary/aromatic N) is 2. The van der Waals surface area contributed by atoms with Gasteiger partial charge in [-0.1, -0.05) is 13.8 Å². The molecule has 0 amide bonds. The van der Waals surface area contributed by atoms with Gasteiger partial charge in [-0.05, 0) is 17.9 Å². The van der Waals surface area contributed by atoms with E-state index in [9.17, 15) is 31.0 Å². The molecule has 0 saturated carbocycles. The fourth-order valence-corrected chi connectivity index (χ4v) is 2.34. The van der Waals surface area contributed by atoms with E-state index in [1.165, 1.54) is 0 Å². The molecule has 24 heavy (non-hydrogen) atoms. The molecule has 1 heterocycles. The summed E-state index contributed by atoms with van der Waals surface area (Å²) < 4.78 is 84.0. The van der Waals surface area contributed by atoms with Gasteiger partial charge in [0.25, 0.3) is 6.43 Å². The van der Waals surface area contributed by atoms with E-state index in [0.29, 0.717) is 0 Å². The Hall–Kier alpha value is -1.91. The molecule has 1 rings (SSSR count). The van der Waals surface area contributed by atoms with Crippen LogP contribution in [0, 0.1) is 5.92 Å². The Bertz CT molecular complexity index is 685. The van der Waals surface area contributed by atoms with Crippen LogP contribution in [0.15, 0.2) is 4.36 Å². The number of halogens is 5. The molecule has 5 nitrogen and oxygen atoms in total. The third-order valence-electron chi connectivity index (χ3n) is 2.91. The highest BCUT2D eigenvalue weighted by atomic mass is 32.1. The Balaban J connectivity index is 4.02. The van der Waals surface area contributed by atoms with Gasteiger partial charge in [0.1, 0.15) is 11.4 Å². The summed E-state index contributed by atoms with van der Waals surface area (Å²) in [6.45, 7) is 3.20. The number of alkyl halides is 5. The maximum absolute atomic E-state index is 13.2. The SMILES string of the molecule is COC(=O)c1c(C(F)F)nc(C(F)(F)F)c(N=S=O)c1CC(C)C. The highest BCUT2D eigenvalue weighted by molar-refractivity contribution is 7.54. The second kappa shape index (κ2) is 7.77. The maximum atomic E-state index is 13.2. The van der Waals surface area contributed by atoms with Crippen LogP contribution in [0.1, 0.15) is 47.6 Å². The molecule has 0 aliphatic carbocycles. The van der Waals surface area contributed by atoms with Gasteiger partial charge in [-0.2, -0.15) is 21.7 Å². The monoisotopic (exact) mass is 372 g/mol. The van der Waals surface area contributed by atoms with Crippen molar-refractivity contribution in [3.05, 3.63) is 22.5 Å². The summed E-state index contributed by atoms with van der Waals surface area (Å²) in [7, 11) is 0.896. The van der Waals surface area contributed by atoms with Crippen LogP contribution in [-0.2, 0) is 28.8 Å². The summed E-state index contributed by atoms with van der Waals surface area (Å²) in [5.74, 6) is -1.58. The Morgan fingerprint density at radius 1 is 1.33 bits per heavy atom. The molecular formula is C13H13F5N2O3S. The number of esters is 1. The van der Waals surface area contributed by atoms with E-state index in [2.05, 4.69) is 14.1 Å². The van der Waals surface area contributed by atoms with Gasteiger partial charge < -0.3 is 4.74 Å². The summed E-state index contributed by atoms with van der Waals surface area (Å²) in [6.07, 6.45) is -8.77. The second-order valence-electron chi connectivity index (χ2n) is 5.10. The van der Waals surface area contributed by atoms with Crippen molar-refractivity contribution >= 4 is 23.1 Å². The van der Waals surface area contributed by atoms with E-state index in [1.54, 1.807) is 13.8 Å². The Kier molecular flexibility index (Phi) is 6.52. The highest BCUT2D eigenvalue weighted by Crippen LogP contribution is 2.41. The number of carbonyl (C=O) groups excluding carboxylic acids is 1. The summed E-state index contributed by atoms with van der Waals surface area (Å²) in [6, 6.07) is 0. The van der Waals surface area contributed by atoms with Crippen LogP contribution >= 0.6 is 0 Å². The first-order valence-electron chi connectivity index (χ1n) is 6.55. The van der Waals surface area contributed by atoms with Gasteiger partial charge in [-0.3, -0.25) is 0 Å². The highest BCUT2D eigenvalue weighted by Gasteiger charge is 2.41. The minimum absolute atomic E-state index is 0.199. The van der Waals surface area contributed by atoms with Crippen molar-refractivity contribution in [2.24, 2.45) is 10.3 Å². The first-order valence-corrected chi connectivity index (χ1v) is 7.24. The molecule has 0 N–H and O–H groups in total. The molecule has 11 heteroatoms. The topological polar surface area (TPSA) is 68.6 Å². The molecule has 0 spiro atoms. The van der Waals surface area contributed by atoms with Gasteiger partial charge in [0.15, 0.2) is 5.69 Å². The van der Waals surface area contributed by atoms with Crippen molar-refractivity contribution in [2.45, 2.75) is 32.9 Å². The van der Waals surface area contributed by atoms with Crippen molar-refractivity contribution in [1.29, 1.82) is 0 Å². The minimum Gasteiger partial charge on any atom is -0.465 e. The summed E-state index contributed by atoms with van der Waals surface area (Å²) in [4.78, 5) is 14.7. The number of hydrogen-bond donors (Lipinski definition) is 0. The fourth-order valence-electron chi connectivity index (χ4n) is 2.07. The van der Waals surface area contributed by atoms with Gasteiger partial charge in [-0.25, -0.2) is 18.6 Å². The smallest absolute Gasteiger partial charge is 0.435 e. The molecule has 0 radical (unpaired) electrons. The van der Waals surface area contributed by atoms with Crippen molar-refractivity contribution in [1.82, 2.24) is 4.98 Å². The molecule has 0 atom stereocenters. The van der Waals surface area contributed by atoms with Crippen LogP contribution in [0.2, 0.25) is 0 Å². The Labute approximate surface area is 137 Å². The zero-order valence-electron chi connectivity index (χ0n) is 12.8. The lowest BCUT2D eigenvalue weighted by Crippen LogP contribution is -2.19. The standard InChI is InChI=1S/C13H13F5N2O3S/c1-5(2)4-6-7(12(21)23-3)9(11(14)15)19-10(13(16,17)18)8(6)20-24-22/h5,11H,4H2,1-3H3. The average Bonchev–Trinajstić information content (AvgIpc) is 2.45. The molecular weight excluding hydrogens is 359 g/mol. The van der Waals surface area contributed by atoms with E-state index in [-0.39, 0.29) is 12.3 Å². The van der Waals surface area contributed by atoms with Gasteiger partial charge in [0.2, 0.25) is 11.5 Å². The van der Waals surface area contributed by atoms with Gasteiger partial charge >= 0.3 is 12.1 Å². The third kappa shape index (κ3) is 4.34. The zero-order valence-corrected chi connectivity index (χ0v) is 13.6. The number of carbonyl (C=O) groups is 1. The quantitative estimate of drug-likeness (QED) is 0.578. The largest absolute Gasteiger partial charge is 0.465 e. The fraction of sp³-hybridized carbons (Fsp3) is 0.538. The van der Waals surface area contributed by atoms with Crippen LogP contribution in [0.4, 0.5) is 27.6 Å². The molecule has 0 bridgehead atoms. The van der Waals surface area contributed by atoms with E-state index in [4.69, 9.17) is 0 Å². The van der Waals surface area contributed by atoms with E-state index in [0.717, 1.165) is 7.11 Å². The van der Waals surface area contributed by atoms with Crippen molar-refractivity contribution in [2.75, 3.05) is 7.11 Å². The first-order chi connectivity index (χ1) is 11.0. The molecule has 134 valence electrons. The normalized spacial score (nSPS) is 11.8. The summed E-state index contributed by atoms with van der Waals surface area (Å²) in [5, 5.41) is 0. The summed E-state index contributed by atoms with van der Waals surface area (Å²) >= 11 is -0.536. The van der Waals surface area contributed by atoms with Crippen LogP contribution in [0.5, 0.6) is 0 Å². The lowest BCUT2D eigenvalue weighted by atomic mass is 9.94. The van der Waals surface area contributed by atoms with Crippen LogP contribution in [0.25, 0.3) is 0 Å². The maximum Gasteiger partial charge on any atom is 0.435 e. The molecule has 0 saturated heterocycles. The van der Waals surface area contributed by atoms with Crippen molar-refractivity contribution in [3.63, 3.8) is 0 Å². The van der Waals surface area contributed by atoms with Crippen molar-refractivity contribution < 1.29 is 35.7 Å². The number of ether oxygens (including phenoxy) is 1. The average molecular weight is 372 g/mol. The second-order valence-corrected chi connectivity index (χ2v) is 5.43. The number of hydrogen-bond acceptors (Lipinski definition) is 5. The number of rotatable bonds is 5. The molecule has 0 unspecified atom stereocenters. The lowest BCUT2D eigenvalue weighted by Gasteiger charge is -2.19.